The smallest absolute Gasteiger partial charge is 0.00952 e. The van der Waals surface area contributed by atoms with Gasteiger partial charge in [-0.2, -0.15) is 0 Å². The molecule has 2 rings (SSSR count). The van der Waals surface area contributed by atoms with Crippen molar-refractivity contribution in [3.63, 3.8) is 0 Å². The van der Waals surface area contributed by atoms with E-state index in [2.05, 4.69) is 17.1 Å². The van der Waals surface area contributed by atoms with Gasteiger partial charge in [0, 0.05) is 6.04 Å². The summed E-state index contributed by atoms with van der Waals surface area (Å²) in [5, 5.41) is 3.58. The zero-order valence-electron chi connectivity index (χ0n) is 11.6. The van der Waals surface area contributed by atoms with E-state index in [0.29, 0.717) is 0 Å². The van der Waals surface area contributed by atoms with Gasteiger partial charge in [0.2, 0.25) is 0 Å². The Morgan fingerprint density at radius 2 is 1.71 bits per heavy atom. The van der Waals surface area contributed by atoms with Crippen LogP contribution in [0, 0.1) is 5.92 Å². The summed E-state index contributed by atoms with van der Waals surface area (Å²) in [6, 6.07) is 0.938. The first-order valence-corrected chi connectivity index (χ1v) is 7.85. The van der Waals surface area contributed by atoms with E-state index in [1.807, 2.05) is 0 Å². The first kappa shape index (κ1) is 13.4. The molecule has 1 heterocycles. The molecule has 0 radical (unpaired) electrons. The van der Waals surface area contributed by atoms with Crippen LogP contribution < -0.4 is 5.32 Å². The molecule has 0 unspecified atom stereocenters. The minimum Gasteiger partial charge on any atom is -0.316 e. The number of hydrogen-bond acceptors (Lipinski definition) is 2. The zero-order valence-corrected chi connectivity index (χ0v) is 11.6. The molecule has 1 aliphatic carbocycles. The fraction of sp³-hybridized carbons (Fsp3) is 1.00. The third-order valence-corrected chi connectivity index (χ3v) is 4.60. The van der Waals surface area contributed by atoms with Crippen molar-refractivity contribution in [3.8, 4) is 0 Å². The van der Waals surface area contributed by atoms with Gasteiger partial charge in [-0.15, -0.1) is 0 Å². The molecule has 0 atom stereocenters. The van der Waals surface area contributed by atoms with Gasteiger partial charge in [-0.05, 0) is 64.2 Å². The molecule has 2 nitrogen and oxygen atoms in total. The Balaban J connectivity index is 1.63. The molecule has 0 spiro atoms. The second-order valence-corrected chi connectivity index (χ2v) is 5.98. The maximum atomic E-state index is 3.58. The van der Waals surface area contributed by atoms with E-state index in [1.165, 1.54) is 77.5 Å². The van der Waals surface area contributed by atoms with Crippen LogP contribution in [0.5, 0.6) is 0 Å². The largest absolute Gasteiger partial charge is 0.316 e. The number of likely N-dealkylation sites (tertiary alicyclic amines) is 1. The molecule has 1 saturated carbocycles. The number of piperidine rings is 1. The summed E-state index contributed by atoms with van der Waals surface area (Å²) in [5.41, 5.74) is 0. The highest BCUT2D eigenvalue weighted by Gasteiger charge is 2.25. The molecule has 0 aromatic rings. The second-order valence-electron chi connectivity index (χ2n) is 5.98. The van der Waals surface area contributed by atoms with Crippen molar-refractivity contribution in [2.75, 3.05) is 26.2 Å². The third kappa shape index (κ3) is 4.26. The van der Waals surface area contributed by atoms with Gasteiger partial charge in [-0.3, -0.25) is 0 Å². The Bertz CT molecular complexity index is 191. The van der Waals surface area contributed by atoms with E-state index >= 15 is 0 Å². The number of nitrogens with zero attached hydrogens (tertiary/aromatic N) is 1. The summed E-state index contributed by atoms with van der Waals surface area (Å²) in [6.07, 6.45) is 11.5. The predicted octanol–water partition coefficient (Wildman–Crippen LogP) is 3.03. The molecule has 2 fully saturated rings. The van der Waals surface area contributed by atoms with E-state index in [9.17, 15) is 0 Å². The lowest BCUT2D eigenvalue weighted by molar-refractivity contribution is 0.106. The van der Waals surface area contributed by atoms with Crippen molar-refractivity contribution in [2.45, 2.75) is 64.3 Å². The fourth-order valence-corrected chi connectivity index (χ4v) is 3.45. The van der Waals surface area contributed by atoms with Crippen molar-refractivity contribution in [1.29, 1.82) is 0 Å². The molecular formula is C15H30N2. The molecule has 1 saturated heterocycles. The SMILES string of the molecule is CCCNCC1CCN(C2CCCCC2)CC1. The summed E-state index contributed by atoms with van der Waals surface area (Å²) in [6.45, 7) is 7.43. The summed E-state index contributed by atoms with van der Waals surface area (Å²) >= 11 is 0. The zero-order chi connectivity index (χ0) is 11.9. The van der Waals surface area contributed by atoms with E-state index in [-0.39, 0.29) is 0 Å². The maximum Gasteiger partial charge on any atom is 0.00952 e. The first-order chi connectivity index (χ1) is 8.40. The van der Waals surface area contributed by atoms with Crippen LogP contribution in [0.2, 0.25) is 0 Å². The highest BCUT2D eigenvalue weighted by Crippen LogP contribution is 2.26. The van der Waals surface area contributed by atoms with Gasteiger partial charge in [0.1, 0.15) is 0 Å². The third-order valence-electron chi connectivity index (χ3n) is 4.60. The summed E-state index contributed by atoms with van der Waals surface area (Å²) in [5.74, 6) is 0.946. The maximum absolute atomic E-state index is 3.58. The lowest BCUT2D eigenvalue weighted by Crippen LogP contribution is -2.43. The monoisotopic (exact) mass is 238 g/mol. The van der Waals surface area contributed by atoms with Gasteiger partial charge < -0.3 is 10.2 Å². The van der Waals surface area contributed by atoms with Crippen LogP contribution in [0.4, 0.5) is 0 Å². The standard InChI is InChI=1S/C15H30N2/c1-2-10-16-13-14-8-11-17(12-9-14)15-6-4-3-5-7-15/h14-16H,2-13H2,1H3. The minimum absolute atomic E-state index is 0.938. The topological polar surface area (TPSA) is 15.3 Å². The molecule has 1 aliphatic heterocycles. The Labute approximate surface area is 107 Å². The lowest BCUT2D eigenvalue weighted by Gasteiger charge is -2.39. The van der Waals surface area contributed by atoms with Gasteiger partial charge in [0.05, 0.1) is 0 Å². The van der Waals surface area contributed by atoms with Crippen molar-refractivity contribution < 1.29 is 0 Å². The summed E-state index contributed by atoms with van der Waals surface area (Å²) in [7, 11) is 0. The van der Waals surface area contributed by atoms with Gasteiger partial charge in [0.25, 0.3) is 0 Å². The van der Waals surface area contributed by atoms with Crippen molar-refractivity contribution >= 4 is 0 Å². The van der Waals surface area contributed by atoms with Crippen LogP contribution in [0.3, 0.4) is 0 Å². The van der Waals surface area contributed by atoms with Gasteiger partial charge in [-0.25, -0.2) is 0 Å². The van der Waals surface area contributed by atoms with Crippen molar-refractivity contribution in [1.82, 2.24) is 10.2 Å². The fourth-order valence-electron chi connectivity index (χ4n) is 3.45. The predicted molar refractivity (Wildman–Crippen MR) is 74.3 cm³/mol. The lowest BCUT2D eigenvalue weighted by atomic mass is 9.90. The summed E-state index contributed by atoms with van der Waals surface area (Å²) in [4.78, 5) is 2.79. The van der Waals surface area contributed by atoms with Crippen molar-refractivity contribution in [2.24, 2.45) is 5.92 Å². The Hall–Kier alpha value is -0.0800. The Morgan fingerprint density at radius 3 is 2.35 bits per heavy atom. The van der Waals surface area contributed by atoms with Crippen LogP contribution in [-0.2, 0) is 0 Å². The molecule has 2 aliphatic rings. The number of hydrogen-bond donors (Lipinski definition) is 1. The van der Waals surface area contributed by atoms with Crippen LogP contribution in [0.15, 0.2) is 0 Å². The van der Waals surface area contributed by atoms with Crippen LogP contribution in [0.1, 0.15) is 58.3 Å². The van der Waals surface area contributed by atoms with E-state index in [4.69, 9.17) is 0 Å². The Kier molecular flexibility index (Phi) is 5.79. The molecule has 0 amide bonds. The first-order valence-electron chi connectivity index (χ1n) is 7.85. The molecule has 0 aromatic heterocycles. The quantitative estimate of drug-likeness (QED) is 0.741. The average Bonchev–Trinajstić information content (AvgIpc) is 2.41. The Morgan fingerprint density at radius 1 is 1.00 bits per heavy atom. The van der Waals surface area contributed by atoms with Crippen LogP contribution in [0.25, 0.3) is 0 Å². The molecule has 0 bridgehead atoms. The molecule has 2 heteroatoms. The number of rotatable bonds is 5. The number of nitrogens with one attached hydrogen (secondary N) is 1. The average molecular weight is 238 g/mol. The van der Waals surface area contributed by atoms with Crippen LogP contribution >= 0.6 is 0 Å². The highest BCUT2D eigenvalue weighted by atomic mass is 15.2. The minimum atomic E-state index is 0.938. The van der Waals surface area contributed by atoms with Gasteiger partial charge in [-0.1, -0.05) is 26.2 Å². The van der Waals surface area contributed by atoms with E-state index < -0.39 is 0 Å². The molecule has 0 aromatic carbocycles. The van der Waals surface area contributed by atoms with Crippen LogP contribution in [-0.4, -0.2) is 37.1 Å². The molecule has 1 N–H and O–H groups in total. The molecular weight excluding hydrogens is 208 g/mol. The van der Waals surface area contributed by atoms with Crippen molar-refractivity contribution in [3.05, 3.63) is 0 Å². The molecule has 100 valence electrons. The van der Waals surface area contributed by atoms with Gasteiger partial charge in [0.15, 0.2) is 0 Å². The van der Waals surface area contributed by atoms with E-state index in [0.717, 1.165) is 12.0 Å². The molecule has 17 heavy (non-hydrogen) atoms. The van der Waals surface area contributed by atoms with E-state index in [1.54, 1.807) is 0 Å². The van der Waals surface area contributed by atoms with Gasteiger partial charge >= 0.3 is 0 Å². The normalized spacial score (nSPS) is 25.2. The second kappa shape index (κ2) is 7.38. The highest BCUT2D eigenvalue weighted by molar-refractivity contribution is 4.81. The summed E-state index contributed by atoms with van der Waals surface area (Å²) < 4.78 is 0.